The number of carbonyl (C=O) groups excluding carboxylic acids is 1. The second-order valence-corrected chi connectivity index (χ2v) is 9.28. The quantitative estimate of drug-likeness (QED) is 0.699. The Morgan fingerprint density at radius 3 is 2.36 bits per heavy atom. The lowest BCUT2D eigenvalue weighted by Crippen LogP contribution is -2.47. The van der Waals surface area contributed by atoms with E-state index in [1.165, 1.54) is 44.3 Å². The van der Waals surface area contributed by atoms with Crippen LogP contribution in [0.5, 0.6) is 0 Å². The third-order valence-corrected chi connectivity index (χ3v) is 7.16. The van der Waals surface area contributed by atoms with Gasteiger partial charge >= 0.3 is 0 Å². The number of benzene rings is 1. The van der Waals surface area contributed by atoms with Crippen molar-refractivity contribution in [3.8, 4) is 0 Å². The molecule has 5 heteroatoms. The number of rotatable bonds is 6. The molecular weight excluding hydrogens is 370 g/mol. The summed E-state index contributed by atoms with van der Waals surface area (Å²) in [6.45, 7) is 7.65. The SMILES string of the molecule is Cc1cccc(N2CCN(CCC3CCC(CC(=O)N(C)C)CC3)CC2)c1Cl. The Labute approximate surface area is 175 Å². The monoisotopic (exact) mass is 405 g/mol. The summed E-state index contributed by atoms with van der Waals surface area (Å²) in [5.41, 5.74) is 2.34. The van der Waals surface area contributed by atoms with Gasteiger partial charge in [-0.15, -0.1) is 0 Å². The Bertz CT molecular complexity index is 647. The van der Waals surface area contributed by atoms with Crippen LogP contribution in [-0.2, 0) is 4.79 Å². The standard InChI is InChI=1S/C23H36ClN3O/c1-18-5-4-6-21(23(18)24)27-15-13-26(14-16-27)12-11-19-7-9-20(10-8-19)17-22(28)25(2)3/h4-6,19-20H,7-17H2,1-3H3. The molecule has 1 aliphatic carbocycles. The predicted molar refractivity (Wildman–Crippen MR) is 118 cm³/mol. The van der Waals surface area contributed by atoms with Gasteiger partial charge in [-0.3, -0.25) is 9.69 Å². The highest BCUT2D eigenvalue weighted by atomic mass is 35.5. The van der Waals surface area contributed by atoms with E-state index in [9.17, 15) is 4.79 Å². The van der Waals surface area contributed by atoms with Crippen molar-refractivity contribution >= 4 is 23.2 Å². The number of aryl methyl sites for hydroxylation is 1. The maximum absolute atomic E-state index is 11.9. The van der Waals surface area contributed by atoms with Crippen LogP contribution in [0.3, 0.4) is 0 Å². The smallest absolute Gasteiger partial charge is 0.222 e. The fraction of sp³-hybridized carbons (Fsp3) is 0.696. The molecule has 28 heavy (non-hydrogen) atoms. The van der Waals surface area contributed by atoms with Crippen LogP contribution in [0.15, 0.2) is 18.2 Å². The van der Waals surface area contributed by atoms with Gasteiger partial charge in [0.1, 0.15) is 0 Å². The minimum Gasteiger partial charge on any atom is -0.368 e. The second-order valence-electron chi connectivity index (χ2n) is 8.90. The van der Waals surface area contributed by atoms with Crippen LogP contribution in [0.4, 0.5) is 5.69 Å². The molecule has 1 amide bonds. The minimum absolute atomic E-state index is 0.287. The molecule has 1 heterocycles. The average Bonchev–Trinajstić information content (AvgIpc) is 2.70. The van der Waals surface area contributed by atoms with E-state index < -0.39 is 0 Å². The van der Waals surface area contributed by atoms with Crippen molar-refractivity contribution in [3.63, 3.8) is 0 Å². The lowest BCUT2D eigenvalue weighted by molar-refractivity contribution is -0.130. The van der Waals surface area contributed by atoms with E-state index in [2.05, 4.69) is 34.9 Å². The number of amides is 1. The Morgan fingerprint density at radius 2 is 1.71 bits per heavy atom. The van der Waals surface area contributed by atoms with E-state index in [0.717, 1.165) is 49.1 Å². The van der Waals surface area contributed by atoms with Crippen LogP contribution in [-0.4, -0.2) is 62.5 Å². The Morgan fingerprint density at radius 1 is 1.07 bits per heavy atom. The normalized spacial score (nSPS) is 23.6. The minimum atomic E-state index is 0.287. The van der Waals surface area contributed by atoms with Crippen LogP contribution in [0.1, 0.15) is 44.1 Å². The fourth-order valence-corrected chi connectivity index (χ4v) is 4.85. The van der Waals surface area contributed by atoms with Gasteiger partial charge in [0.05, 0.1) is 10.7 Å². The Kier molecular flexibility index (Phi) is 7.64. The van der Waals surface area contributed by atoms with Crippen molar-refractivity contribution in [1.82, 2.24) is 9.80 Å². The maximum atomic E-state index is 11.9. The molecule has 2 aliphatic rings. The number of carbonyl (C=O) groups is 1. The molecule has 0 N–H and O–H groups in total. The van der Waals surface area contributed by atoms with Crippen molar-refractivity contribution in [2.45, 2.75) is 45.4 Å². The van der Waals surface area contributed by atoms with Crippen LogP contribution in [0.2, 0.25) is 5.02 Å². The van der Waals surface area contributed by atoms with Gasteiger partial charge in [0.15, 0.2) is 0 Å². The molecule has 0 atom stereocenters. The van der Waals surface area contributed by atoms with Gasteiger partial charge in [-0.2, -0.15) is 0 Å². The number of piperazine rings is 1. The third kappa shape index (κ3) is 5.64. The summed E-state index contributed by atoms with van der Waals surface area (Å²) >= 11 is 6.51. The number of nitrogens with zero attached hydrogens (tertiary/aromatic N) is 3. The molecule has 3 rings (SSSR count). The van der Waals surface area contributed by atoms with E-state index in [0.29, 0.717) is 5.92 Å². The molecule has 0 aromatic heterocycles. The molecule has 4 nitrogen and oxygen atoms in total. The van der Waals surface area contributed by atoms with E-state index >= 15 is 0 Å². The summed E-state index contributed by atoms with van der Waals surface area (Å²) in [6.07, 6.45) is 7.09. The van der Waals surface area contributed by atoms with Gasteiger partial charge in [0.2, 0.25) is 5.91 Å². The molecule has 0 bridgehead atoms. The first-order valence-corrected chi connectivity index (χ1v) is 11.2. The van der Waals surface area contributed by atoms with Gasteiger partial charge in [-0.1, -0.05) is 36.6 Å². The van der Waals surface area contributed by atoms with Gasteiger partial charge in [0, 0.05) is 46.7 Å². The molecule has 2 fully saturated rings. The zero-order chi connectivity index (χ0) is 20.1. The van der Waals surface area contributed by atoms with Crippen LogP contribution in [0.25, 0.3) is 0 Å². The molecule has 1 aliphatic heterocycles. The van der Waals surface area contributed by atoms with E-state index in [4.69, 9.17) is 11.6 Å². The van der Waals surface area contributed by atoms with Crippen LogP contribution in [0, 0.1) is 18.8 Å². The van der Waals surface area contributed by atoms with Gasteiger partial charge in [-0.05, 0) is 56.2 Å². The summed E-state index contributed by atoms with van der Waals surface area (Å²) < 4.78 is 0. The lowest BCUT2D eigenvalue weighted by Gasteiger charge is -2.37. The van der Waals surface area contributed by atoms with Gasteiger partial charge in [0.25, 0.3) is 0 Å². The highest BCUT2D eigenvalue weighted by Gasteiger charge is 2.25. The summed E-state index contributed by atoms with van der Waals surface area (Å²) in [5, 5.41) is 0.903. The van der Waals surface area contributed by atoms with Gasteiger partial charge < -0.3 is 9.80 Å². The first kappa shape index (κ1) is 21.4. The third-order valence-electron chi connectivity index (χ3n) is 6.67. The molecular formula is C23H36ClN3O. The molecule has 0 spiro atoms. The number of hydrogen-bond donors (Lipinski definition) is 0. The van der Waals surface area contributed by atoms with Crippen molar-refractivity contribution in [2.24, 2.45) is 11.8 Å². The van der Waals surface area contributed by atoms with Crippen molar-refractivity contribution in [2.75, 3.05) is 51.7 Å². The number of halogens is 1. The summed E-state index contributed by atoms with van der Waals surface area (Å²) in [6, 6.07) is 6.32. The Balaban J connectivity index is 1.36. The highest BCUT2D eigenvalue weighted by molar-refractivity contribution is 6.34. The number of hydrogen-bond acceptors (Lipinski definition) is 3. The van der Waals surface area contributed by atoms with Crippen molar-refractivity contribution in [1.29, 1.82) is 0 Å². The van der Waals surface area contributed by atoms with Crippen LogP contribution < -0.4 is 4.90 Å². The molecule has 1 aromatic rings. The first-order valence-electron chi connectivity index (χ1n) is 10.9. The number of anilines is 1. The largest absolute Gasteiger partial charge is 0.368 e. The lowest BCUT2D eigenvalue weighted by atomic mass is 9.79. The molecule has 156 valence electrons. The topological polar surface area (TPSA) is 26.8 Å². The highest BCUT2D eigenvalue weighted by Crippen LogP contribution is 2.33. The summed E-state index contributed by atoms with van der Waals surface area (Å²) in [7, 11) is 3.72. The summed E-state index contributed by atoms with van der Waals surface area (Å²) in [4.78, 5) is 18.7. The Hall–Kier alpha value is -1.26. The van der Waals surface area contributed by atoms with Crippen LogP contribution >= 0.6 is 11.6 Å². The molecule has 1 saturated carbocycles. The molecule has 0 radical (unpaired) electrons. The average molecular weight is 406 g/mol. The van der Waals surface area contributed by atoms with Crippen molar-refractivity contribution < 1.29 is 4.79 Å². The second kappa shape index (κ2) is 9.98. The fourth-order valence-electron chi connectivity index (χ4n) is 4.61. The molecule has 1 aromatic carbocycles. The first-order chi connectivity index (χ1) is 13.4. The zero-order valence-corrected chi connectivity index (χ0v) is 18.5. The molecule has 1 saturated heterocycles. The molecule has 0 unspecified atom stereocenters. The zero-order valence-electron chi connectivity index (χ0n) is 17.8. The maximum Gasteiger partial charge on any atom is 0.222 e. The summed E-state index contributed by atoms with van der Waals surface area (Å²) in [5.74, 6) is 1.73. The van der Waals surface area contributed by atoms with E-state index in [1.54, 1.807) is 4.90 Å². The van der Waals surface area contributed by atoms with E-state index in [-0.39, 0.29) is 5.91 Å². The predicted octanol–water partition coefficient (Wildman–Crippen LogP) is 4.45. The van der Waals surface area contributed by atoms with Gasteiger partial charge in [-0.25, -0.2) is 0 Å². The van der Waals surface area contributed by atoms with Crippen molar-refractivity contribution in [3.05, 3.63) is 28.8 Å². The van der Waals surface area contributed by atoms with E-state index in [1.807, 2.05) is 14.1 Å².